The molecular weight excluding hydrogens is 331 g/mol. The van der Waals surface area contributed by atoms with Crippen LogP contribution in [0.2, 0.25) is 10.2 Å². The van der Waals surface area contributed by atoms with Gasteiger partial charge in [-0.1, -0.05) is 53.5 Å². The van der Waals surface area contributed by atoms with Crippen molar-refractivity contribution in [3.63, 3.8) is 0 Å². The number of hydrogen-bond donors (Lipinski definition) is 1. The number of hydrazine groups is 1. The van der Waals surface area contributed by atoms with Gasteiger partial charge in [0.15, 0.2) is 5.15 Å². The SMILES string of the molecule is N#CC(=CN(N)C(=O)c1snc(Cl)c1Cl)c1ccccc1. The van der Waals surface area contributed by atoms with Gasteiger partial charge in [0.2, 0.25) is 0 Å². The summed E-state index contributed by atoms with van der Waals surface area (Å²) < 4.78 is 3.76. The third-order valence-corrected chi connectivity index (χ3v) is 4.29. The zero-order chi connectivity index (χ0) is 15.4. The van der Waals surface area contributed by atoms with Gasteiger partial charge in [0, 0.05) is 6.20 Å². The van der Waals surface area contributed by atoms with E-state index in [0.717, 1.165) is 16.5 Å². The van der Waals surface area contributed by atoms with Gasteiger partial charge in [-0.3, -0.25) is 4.79 Å². The van der Waals surface area contributed by atoms with Gasteiger partial charge in [0.1, 0.15) is 16.0 Å². The zero-order valence-electron chi connectivity index (χ0n) is 10.5. The molecule has 0 aliphatic rings. The molecule has 2 rings (SSSR count). The summed E-state index contributed by atoms with van der Waals surface area (Å²) in [4.78, 5) is 12.3. The molecule has 0 aliphatic heterocycles. The van der Waals surface area contributed by atoms with Crippen LogP contribution in [0, 0.1) is 11.3 Å². The van der Waals surface area contributed by atoms with Crippen LogP contribution in [-0.2, 0) is 0 Å². The zero-order valence-corrected chi connectivity index (χ0v) is 12.8. The summed E-state index contributed by atoms with van der Waals surface area (Å²) in [5.74, 6) is 5.08. The van der Waals surface area contributed by atoms with E-state index in [-0.39, 0.29) is 20.6 Å². The average Bonchev–Trinajstić information content (AvgIpc) is 2.84. The minimum absolute atomic E-state index is 0.0472. The fourth-order valence-electron chi connectivity index (χ4n) is 1.49. The van der Waals surface area contributed by atoms with Crippen molar-refractivity contribution >= 4 is 46.2 Å². The Morgan fingerprint density at radius 3 is 2.57 bits per heavy atom. The van der Waals surface area contributed by atoms with Crippen molar-refractivity contribution in [1.82, 2.24) is 9.38 Å². The molecule has 0 unspecified atom stereocenters. The molecule has 1 amide bonds. The van der Waals surface area contributed by atoms with Crippen molar-refractivity contribution in [3.8, 4) is 6.07 Å². The molecule has 8 heteroatoms. The highest BCUT2D eigenvalue weighted by atomic mass is 35.5. The number of allylic oxidation sites excluding steroid dienone is 1. The van der Waals surface area contributed by atoms with Gasteiger partial charge < -0.3 is 0 Å². The lowest BCUT2D eigenvalue weighted by Crippen LogP contribution is -2.32. The number of carbonyl (C=O) groups excluding carboxylic acids is 1. The van der Waals surface area contributed by atoms with Crippen LogP contribution in [0.5, 0.6) is 0 Å². The summed E-state index contributed by atoms with van der Waals surface area (Å²) in [6.07, 6.45) is 1.24. The van der Waals surface area contributed by atoms with E-state index in [1.807, 2.05) is 12.1 Å². The third kappa shape index (κ3) is 3.40. The number of nitriles is 1. The highest BCUT2D eigenvalue weighted by Crippen LogP contribution is 2.29. The first-order valence-corrected chi connectivity index (χ1v) is 7.13. The second-order valence-electron chi connectivity index (χ2n) is 3.85. The quantitative estimate of drug-likeness (QED) is 0.402. The Balaban J connectivity index is 2.29. The van der Waals surface area contributed by atoms with Crippen molar-refractivity contribution in [2.24, 2.45) is 5.84 Å². The maximum Gasteiger partial charge on any atom is 0.285 e. The van der Waals surface area contributed by atoms with E-state index in [0.29, 0.717) is 5.56 Å². The summed E-state index contributed by atoms with van der Waals surface area (Å²) in [5.41, 5.74) is 0.898. The number of rotatable bonds is 3. The van der Waals surface area contributed by atoms with Gasteiger partial charge in [-0.2, -0.15) is 9.64 Å². The predicted octanol–water partition coefficient (Wildman–Crippen LogP) is 3.33. The number of benzene rings is 1. The Kier molecular flexibility index (Phi) is 4.94. The van der Waals surface area contributed by atoms with Crippen LogP contribution in [0.1, 0.15) is 15.2 Å². The van der Waals surface area contributed by atoms with Crippen LogP contribution >= 0.6 is 34.7 Å². The molecular formula is C13H8Cl2N4OS. The number of amides is 1. The second-order valence-corrected chi connectivity index (χ2v) is 5.36. The monoisotopic (exact) mass is 338 g/mol. The Labute approximate surface area is 134 Å². The van der Waals surface area contributed by atoms with E-state index in [1.165, 1.54) is 6.20 Å². The first-order valence-electron chi connectivity index (χ1n) is 5.61. The molecule has 0 bridgehead atoms. The Morgan fingerprint density at radius 2 is 2.05 bits per heavy atom. The molecule has 2 N–H and O–H groups in total. The highest BCUT2D eigenvalue weighted by Gasteiger charge is 2.20. The number of halogens is 2. The van der Waals surface area contributed by atoms with E-state index in [9.17, 15) is 10.1 Å². The van der Waals surface area contributed by atoms with Crippen molar-refractivity contribution in [1.29, 1.82) is 5.26 Å². The first kappa shape index (κ1) is 15.5. The lowest BCUT2D eigenvalue weighted by Gasteiger charge is -2.11. The minimum atomic E-state index is -0.590. The minimum Gasteiger partial charge on any atom is -0.266 e. The van der Waals surface area contributed by atoms with Gasteiger partial charge in [-0.05, 0) is 17.1 Å². The predicted molar refractivity (Wildman–Crippen MR) is 82.5 cm³/mol. The Bertz CT molecular complexity index is 736. The van der Waals surface area contributed by atoms with Crippen LogP contribution < -0.4 is 5.84 Å². The summed E-state index contributed by atoms with van der Waals surface area (Å²) >= 11 is 12.4. The van der Waals surface area contributed by atoms with Crippen LogP contribution in [0.15, 0.2) is 36.5 Å². The van der Waals surface area contributed by atoms with E-state index in [1.54, 1.807) is 24.3 Å². The van der Waals surface area contributed by atoms with Crippen molar-refractivity contribution in [2.45, 2.75) is 0 Å². The molecule has 0 spiro atoms. The number of hydrogen-bond acceptors (Lipinski definition) is 5. The summed E-state index contributed by atoms with van der Waals surface area (Å²) in [7, 11) is 0. The highest BCUT2D eigenvalue weighted by molar-refractivity contribution is 7.09. The fraction of sp³-hybridized carbons (Fsp3) is 0. The topological polar surface area (TPSA) is 83.0 Å². The summed E-state index contributed by atoms with van der Waals surface area (Å²) in [5, 5.41) is 10.1. The standard InChI is InChI=1S/C13H8Cl2N4OS/c14-10-11(21-18-12(10)15)13(20)19(17)7-9(6-16)8-4-2-1-3-5-8/h1-5,7H,17H2. The smallest absolute Gasteiger partial charge is 0.266 e. The van der Waals surface area contributed by atoms with Crippen LogP contribution in [0.4, 0.5) is 0 Å². The van der Waals surface area contributed by atoms with Gasteiger partial charge >= 0.3 is 0 Å². The summed E-state index contributed by atoms with van der Waals surface area (Å²) in [6, 6.07) is 10.9. The maximum absolute atomic E-state index is 12.1. The number of nitrogens with zero attached hydrogens (tertiary/aromatic N) is 3. The molecule has 0 atom stereocenters. The normalized spacial score (nSPS) is 11.0. The molecule has 0 aliphatic carbocycles. The largest absolute Gasteiger partial charge is 0.285 e. The van der Waals surface area contributed by atoms with Gasteiger partial charge in [-0.15, -0.1) is 0 Å². The van der Waals surface area contributed by atoms with Gasteiger partial charge in [0.05, 0.1) is 5.57 Å². The molecule has 1 aromatic carbocycles. The molecule has 1 aromatic heterocycles. The lowest BCUT2D eigenvalue weighted by molar-refractivity contribution is 0.0827. The molecule has 0 fully saturated rings. The molecule has 0 saturated carbocycles. The number of nitrogens with two attached hydrogens (primary N) is 1. The first-order chi connectivity index (χ1) is 10.0. The molecule has 0 saturated heterocycles. The average molecular weight is 339 g/mol. The molecule has 1 heterocycles. The molecule has 5 nitrogen and oxygen atoms in total. The molecule has 2 aromatic rings. The van der Waals surface area contributed by atoms with Crippen LogP contribution in [0.3, 0.4) is 0 Å². The molecule has 106 valence electrons. The van der Waals surface area contributed by atoms with Crippen molar-refractivity contribution in [2.75, 3.05) is 0 Å². The molecule has 21 heavy (non-hydrogen) atoms. The Morgan fingerprint density at radius 1 is 1.38 bits per heavy atom. The van der Waals surface area contributed by atoms with E-state index in [2.05, 4.69) is 4.37 Å². The lowest BCUT2D eigenvalue weighted by atomic mass is 10.1. The van der Waals surface area contributed by atoms with Crippen LogP contribution in [0.25, 0.3) is 5.57 Å². The Hall–Kier alpha value is -1.91. The maximum atomic E-state index is 12.1. The van der Waals surface area contributed by atoms with E-state index < -0.39 is 5.91 Å². The fourth-order valence-corrected chi connectivity index (χ4v) is 2.65. The summed E-state index contributed by atoms with van der Waals surface area (Å²) in [6.45, 7) is 0. The van der Waals surface area contributed by atoms with Gasteiger partial charge in [0.25, 0.3) is 5.91 Å². The second kappa shape index (κ2) is 6.70. The number of aromatic nitrogens is 1. The number of carbonyl (C=O) groups is 1. The van der Waals surface area contributed by atoms with Crippen molar-refractivity contribution < 1.29 is 4.79 Å². The van der Waals surface area contributed by atoms with Crippen LogP contribution in [-0.4, -0.2) is 15.3 Å². The van der Waals surface area contributed by atoms with E-state index >= 15 is 0 Å². The third-order valence-electron chi connectivity index (χ3n) is 2.50. The molecule has 0 radical (unpaired) electrons. The van der Waals surface area contributed by atoms with Crippen molar-refractivity contribution in [3.05, 3.63) is 57.1 Å². The van der Waals surface area contributed by atoms with E-state index in [4.69, 9.17) is 29.0 Å². The van der Waals surface area contributed by atoms with Gasteiger partial charge in [-0.25, -0.2) is 10.9 Å².